The van der Waals surface area contributed by atoms with Crippen LogP contribution in [0.2, 0.25) is 0 Å². The van der Waals surface area contributed by atoms with Crippen LogP contribution < -0.4 is 16.0 Å². The van der Waals surface area contributed by atoms with E-state index in [0.717, 1.165) is 15.8 Å². The molecular weight excluding hydrogens is 312 g/mol. The van der Waals surface area contributed by atoms with Gasteiger partial charge in [-0.2, -0.15) is 0 Å². The van der Waals surface area contributed by atoms with E-state index in [1.165, 1.54) is 10.4 Å². The lowest BCUT2D eigenvalue weighted by atomic mass is 10.0. The fourth-order valence-corrected chi connectivity index (χ4v) is 3.25. The monoisotopic (exact) mass is 326 g/mol. The van der Waals surface area contributed by atoms with Crippen molar-refractivity contribution in [2.45, 2.75) is 13.0 Å². The van der Waals surface area contributed by atoms with Crippen molar-refractivity contribution >= 4 is 27.3 Å². The highest BCUT2D eigenvalue weighted by atomic mass is 79.9. The highest BCUT2D eigenvalue weighted by Crippen LogP contribution is 2.35. The van der Waals surface area contributed by atoms with Crippen molar-refractivity contribution in [3.05, 3.63) is 50.1 Å². The van der Waals surface area contributed by atoms with Crippen LogP contribution in [0.1, 0.15) is 22.0 Å². The van der Waals surface area contributed by atoms with Crippen LogP contribution in [0, 0.1) is 6.92 Å². The SMILES string of the molecule is COc1cc(Br)ccc1C(NN)c1sccc1C. The summed E-state index contributed by atoms with van der Waals surface area (Å²) >= 11 is 5.13. The van der Waals surface area contributed by atoms with Crippen molar-refractivity contribution in [1.29, 1.82) is 0 Å². The van der Waals surface area contributed by atoms with Gasteiger partial charge >= 0.3 is 0 Å². The van der Waals surface area contributed by atoms with Gasteiger partial charge in [-0.05, 0) is 36.1 Å². The number of hydrogen-bond acceptors (Lipinski definition) is 4. The fourth-order valence-electron chi connectivity index (χ4n) is 1.91. The van der Waals surface area contributed by atoms with E-state index in [2.05, 4.69) is 39.7 Å². The van der Waals surface area contributed by atoms with Crippen molar-refractivity contribution in [2.24, 2.45) is 5.84 Å². The molecule has 0 bridgehead atoms. The van der Waals surface area contributed by atoms with E-state index in [1.807, 2.05) is 18.2 Å². The number of nitrogens with two attached hydrogens (primary N) is 1. The quantitative estimate of drug-likeness (QED) is 0.668. The summed E-state index contributed by atoms with van der Waals surface area (Å²) in [6, 6.07) is 8.00. The summed E-state index contributed by atoms with van der Waals surface area (Å²) < 4.78 is 6.41. The Labute approximate surface area is 119 Å². The lowest BCUT2D eigenvalue weighted by Gasteiger charge is -2.19. The van der Waals surface area contributed by atoms with Crippen LogP contribution in [0.15, 0.2) is 34.1 Å². The van der Waals surface area contributed by atoms with Crippen molar-refractivity contribution < 1.29 is 4.74 Å². The zero-order valence-corrected chi connectivity index (χ0v) is 12.6. The van der Waals surface area contributed by atoms with Gasteiger partial charge in [-0.25, -0.2) is 5.43 Å². The third kappa shape index (κ3) is 2.59. The van der Waals surface area contributed by atoms with E-state index < -0.39 is 0 Å². The van der Waals surface area contributed by atoms with Crippen LogP contribution in [0.4, 0.5) is 0 Å². The average molecular weight is 327 g/mol. The van der Waals surface area contributed by atoms with Crippen LogP contribution in [0.3, 0.4) is 0 Å². The average Bonchev–Trinajstić information content (AvgIpc) is 2.78. The summed E-state index contributed by atoms with van der Waals surface area (Å²) in [6.07, 6.45) is 0. The smallest absolute Gasteiger partial charge is 0.125 e. The highest BCUT2D eigenvalue weighted by Gasteiger charge is 2.19. The molecule has 0 spiro atoms. The molecule has 96 valence electrons. The number of thiophene rings is 1. The molecule has 0 saturated carbocycles. The van der Waals surface area contributed by atoms with E-state index in [-0.39, 0.29) is 6.04 Å². The number of hydrogen-bond donors (Lipinski definition) is 2. The molecule has 2 aromatic rings. The first-order valence-electron chi connectivity index (χ1n) is 5.51. The molecule has 1 aromatic carbocycles. The summed E-state index contributed by atoms with van der Waals surface area (Å²) in [4.78, 5) is 1.21. The van der Waals surface area contributed by atoms with Gasteiger partial charge in [0.2, 0.25) is 0 Å². The Morgan fingerprint density at radius 2 is 2.17 bits per heavy atom. The summed E-state index contributed by atoms with van der Waals surface area (Å²) in [6.45, 7) is 2.08. The topological polar surface area (TPSA) is 47.3 Å². The second-order valence-electron chi connectivity index (χ2n) is 3.95. The van der Waals surface area contributed by atoms with E-state index in [1.54, 1.807) is 18.4 Å². The maximum absolute atomic E-state index is 5.72. The second-order valence-corrected chi connectivity index (χ2v) is 5.82. The number of benzene rings is 1. The zero-order valence-electron chi connectivity index (χ0n) is 10.2. The number of hydrazine groups is 1. The molecule has 1 unspecified atom stereocenters. The molecule has 0 aliphatic heterocycles. The van der Waals surface area contributed by atoms with Gasteiger partial charge in [-0.3, -0.25) is 5.84 Å². The largest absolute Gasteiger partial charge is 0.496 e. The Bertz CT molecular complexity index is 542. The Kier molecular flexibility index (Phi) is 4.40. The van der Waals surface area contributed by atoms with Gasteiger partial charge in [0.25, 0.3) is 0 Å². The van der Waals surface area contributed by atoms with Crippen molar-refractivity contribution in [1.82, 2.24) is 5.43 Å². The minimum Gasteiger partial charge on any atom is -0.496 e. The molecular formula is C13H15BrN2OS. The summed E-state index contributed by atoms with van der Waals surface area (Å²) in [5.74, 6) is 6.54. The van der Waals surface area contributed by atoms with Crippen LogP contribution in [-0.4, -0.2) is 7.11 Å². The van der Waals surface area contributed by atoms with Gasteiger partial charge in [0.05, 0.1) is 13.2 Å². The molecule has 1 atom stereocenters. The van der Waals surface area contributed by atoms with Crippen LogP contribution in [0.5, 0.6) is 5.75 Å². The van der Waals surface area contributed by atoms with E-state index in [4.69, 9.17) is 10.6 Å². The normalized spacial score (nSPS) is 12.4. The van der Waals surface area contributed by atoms with Gasteiger partial charge in [0.15, 0.2) is 0 Å². The molecule has 3 nitrogen and oxygen atoms in total. The lowest BCUT2D eigenvalue weighted by Crippen LogP contribution is -2.29. The molecule has 0 aliphatic rings. The molecule has 1 heterocycles. The van der Waals surface area contributed by atoms with Gasteiger partial charge in [-0.15, -0.1) is 11.3 Å². The molecule has 0 fully saturated rings. The predicted molar refractivity (Wildman–Crippen MR) is 78.9 cm³/mol. The van der Waals surface area contributed by atoms with E-state index >= 15 is 0 Å². The number of aryl methyl sites for hydroxylation is 1. The first kappa shape index (κ1) is 13.5. The Balaban J connectivity index is 2.48. The van der Waals surface area contributed by atoms with Crippen molar-refractivity contribution in [2.75, 3.05) is 7.11 Å². The zero-order chi connectivity index (χ0) is 13.1. The molecule has 1 aromatic heterocycles. The first-order chi connectivity index (χ1) is 8.67. The molecule has 0 radical (unpaired) electrons. The number of ether oxygens (including phenoxy) is 1. The third-order valence-electron chi connectivity index (χ3n) is 2.84. The minimum absolute atomic E-state index is 0.0481. The molecule has 5 heteroatoms. The number of halogens is 1. The molecule has 0 saturated heterocycles. The van der Waals surface area contributed by atoms with Gasteiger partial charge < -0.3 is 4.74 Å². The summed E-state index contributed by atoms with van der Waals surface area (Å²) in [5, 5.41) is 2.07. The summed E-state index contributed by atoms with van der Waals surface area (Å²) in [7, 11) is 1.67. The number of nitrogens with one attached hydrogen (secondary N) is 1. The molecule has 2 rings (SSSR count). The molecule has 3 N–H and O–H groups in total. The first-order valence-corrected chi connectivity index (χ1v) is 7.18. The van der Waals surface area contributed by atoms with Gasteiger partial charge in [0, 0.05) is 14.9 Å². The predicted octanol–water partition coefficient (Wildman–Crippen LogP) is 3.38. The Morgan fingerprint density at radius 1 is 1.39 bits per heavy atom. The highest BCUT2D eigenvalue weighted by molar-refractivity contribution is 9.10. The number of rotatable bonds is 4. The van der Waals surface area contributed by atoms with Crippen molar-refractivity contribution in [3.8, 4) is 5.75 Å². The van der Waals surface area contributed by atoms with E-state index in [9.17, 15) is 0 Å². The Hall–Kier alpha value is -0.880. The van der Waals surface area contributed by atoms with Gasteiger partial charge in [0.1, 0.15) is 5.75 Å². The second kappa shape index (κ2) is 5.84. The van der Waals surface area contributed by atoms with Crippen LogP contribution >= 0.6 is 27.3 Å². The lowest BCUT2D eigenvalue weighted by molar-refractivity contribution is 0.404. The molecule has 0 amide bonds. The summed E-state index contributed by atoms with van der Waals surface area (Å²) in [5.41, 5.74) is 5.14. The standard InChI is InChI=1S/C13H15BrN2OS/c1-8-5-6-18-13(8)12(16-15)10-4-3-9(14)7-11(10)17-2/h3-7,12,16H,15H2,1-2H3. The van der Waals surface area contributed by atoms with Gasteiger partial charge in [-0.1, -0.05) is 22.0 Å². The maximum Gasteiger partial charge on any atom is 0.125 e. The minimum atomic E-state index is -0.0481. The third-order valence-corrected chi connectivity index (χ3v) is 4.41. The van der Waals surface area contributed by atoms with Crippen LogP contribution in [-0.2, 0) is 0 Å². The van der Waals surface area contributed by atoms with E-state index in [0.29, 0.717) is 0 Å². The Morgan fingerprint density at radius 3 is 2.72 bits per heavy atom. The fraction of sp³-hybridized carbons (Fsp3) is 0.231. The molecule has 18 heavy (non-hydrogen) atoms. The maximum atomic E-state index is 5.72. The van der Waals surface area contributed by atoms with Crippen molar-refractivity contribution in [3.63, 3.8) is 0 Å². The molecule has 0 aliphatic carbocycles. The number of methoxy groups -OCH3 is 1. The van der Waals surface area contributed by atoms with Crippen LogP contribution in [0.25, 0.3) is 0 Å².